The molecule has 1 aromatic rings. The number of nitriles is 1. The third-order valence-electron chi connectivity index (χ3n) is 5.76. The monoisotopic (exact) mass is 444 g/mol. The molecule has 2 aliphatic rings. The molecular formula is C22H28N4O2S2. The first kappa shape index (κ1) is 22.6. The molecule has 0 atom stereocenters. The summed E-state index contributed by atoms with van der Waals surface area (Å²) in [6.07, 6.45) is 8.19. The number of aromatic nitrogens is 1. The molecule has 1 aromatic heterocycles. The van der Waals surface area contributed by atoms with Gasteiger partial charge in [-0.05, 0) is 44.2 Å². The Labute approximate surface area is 187 Å². The lowest BCUT2D eigenvalue weighted by atomic mass is 10.0. The Bertz CT molecular complexity index is 984. The number of pyridine rings is 1. The average Bonchev–Trinajstić information content (AvgIpc) is 3.01. The number of amides is 1. The zero-order valence-electron chi connectivity index (χ0n) is 17.9. The van der Waals surface area contributed by atoms with E-state index in [-0.39, 0.29) is 17.0 Å². The van der Waals surface area contributed by atoms with E-state index in [0.717, 1.165) is 56.6 Å². The molecule has 2 aliphatic heterocycles. The fourth-order valence-electron chi connectivity index (χ4n) is 4.04. The Balaban J connectivity index is 2.07. The van der Waals surface area contributed by atoms with E-state index >= 15 is 0 Å². The lowest BCUT2D eigenvalue weighted by molar-refractivity contribution is -0.122. The standard InChI is InChI=1S/C22H28N4O2S2/c1-4-5-7-12-26-21(28)18(30-22(26)29)13-16-15(2)17(14-23)20(27)24(3)19(16)25-10-8-6-9-11-25/h13H,4-12H2,1-3H3. The quantitative estimate of drug-likeness (QED) is 0.376. The van der Waals surface area contributed by atoms with Crippen molar-refractivity contribution >= 4 is 46.1 Å². The van der Waals surface area contributed by atoms with E-state index in [1.807, 2.05) is 6.08 Å². The number of carbonyl (C=O) groups is 1. The summed E-state index contributed by atoms with van der Waals surface area (Å²) in [5.41, 5.74) is 1.23. The molecular weight excluding hydrogens is 416 g/mol. The van der Waals surface area contributed by atoms with Crippen molar-refractivity contribution in [1.29, 1.82) is 5.26 Å². The second kappa shape index (κ2) is 9.80. The number of rotatable bonds is 6. The lowest BCUT2D eigenvalue weighted by Gasteiger charge is -2.32. The molecule has 30 heavy (non-hydrogen) atoms. The zero-order chi connectivity index (χ0) is 21.8. The lowest BCUT2D eigenvalue weighted by Crippen LogP contribution is -2.36. The maximum Gasteiger partial charge on any atom is 0.270 e. The van der Waals surface area contributed by atoms with Gasteiger partial charge in [0.25, 0.3) is 11.5 Å². The van der Waals surface area contributed by atoms with E-state index in [2.05, 4.69) is 17.9 Å². The van der Waals surface area contributed by atoms with Crippen LogP contribution in [0.1, 0.15) is 62.1 Å². The summed E-state index contributed by atoms with van der Waals surface area (Å²) in [4.78, 5) is 30.2. The minimum absolute atomic E-state index is 0.0857. The first-order valence-corrected chi connectivity index (χ1v) is 11.8. The van der Waals surface area contributed by atoms with Crippen LogP contribution in [-0.4, -0.2) is 39.3 Å². The molecule has 8 heteroatoms. The van der Waals surface area contributed by atoms with Crippen molar-refractivity contribution in [2.45, 2.75) is 52.4 Å². The Kier molecular flexibility index (Phi) is 7.37. The SMILES string of the molecule is CCCCCN1C(=O)C(=Cc2c(C)c(C#N)c(=O)n(C)c2N2CCCCC2)SC1=S. The summed E-state index contributed by atoms with van der Waals surface area (Å²) >= 11 is 6.76. The zero-order valence-corrected chi connectivity index (χ0v) is 19.5. The van der Waals surface area contributed by atoms with Crippen molar-refractivity contribution in [3.63, 3.8) is 0 Å². The molecule has 0 N–H and O–H groups in total. The van der Waals surface area contributed by atoms with Gasteiger partial charge in [-0.25, -0.2) is 0 Å². The van der Waals surface area contributed by atoms with Gasteiger partial charge in [-0.2, -0.15) is 5.26 Å². The van der Waals surface area contributed by atoms with E-state index in [0.29, 0.717) is 21.3 Å². The van der Waals surface area contributed by atoms with Crippen molar-refractivity contribution in [3.8, 4) is 6.07 Å². The predicted molar refractivity (Wildman–Crippen MR) is 127 cm³/mol. The topological polar surface area (TPSA) is 69.3 Å². The molecule has 0 bridgehead atoms. The van der Waals surface area contributed by atoms with Gasteiger partial charge in [-0.1, -0.05) is 43.7 Å². The highest BCUT2D eigenvalue weighted by Crippen LogP contribution is 2.36. The summed E-state index contributed by atoms with van der Waals surface area (Å²) in [5.74, 6) is 0.699. The summed E-state index contributed by atoms with van der Waals surface area (Å²) in [6, 6.07) is 2.05. The number of carbonyl (C=O) groups excluding carboxylic acids is 1. The number of nitrogens with zero attached hydrogens (tertiary/aromatic N) is 4. The number of thioether (sulfide) groups is 1. The van der Waals surface area contributed by atoms with Crippen molar-refractivity contribution in [3.05, 3.63) is 31.9 Å². The summed E-state index contributed by atoms with van der Waals surface area (Å²) in [5, 5.41) is 9.57. The molecule has 2 fully saturated rings. The molecule has 0 unspecified atom stereocenters. The molecule has 0 radical (unpaired) electrons. The van der Waals surface area contributed by atoms with Gasteiger partial charge < -0.3 is 4.90 Å². The Morgan fingerprint density at radius 1 is 1.20 bits per heavy atom. The van der Waals surface area contributed by atoms with Gasteiger partial charge in [-0.15, -0.1) is 0 Å². The fourth-order valence-corrected chi connectivity index (χ4v) is 5.33. The van der Waals surface area contributed by atoms with Gasteiger partial charge in [0.1, 0.15) is 21.8 Å². The van der Waals surface area contributed by atoms with Crippen LogP contribution in [0, 0.1) is 18.3 Å². The number of anilines is 1. The van der Waals surface area contributed by atoms with E-state index in [1.54, 1.807) is 23.4 Å². The number of thiocarbonyl (C=S) groups is 1. The Hall–Kier alpha value is -2.11. The van der Waals surface area contributed by atoms with E-state index < -0.39 is 0 Å². The molecule has 3 rings (SSSR count). The minimum atomic E-state index is -0.292. The second-order valence-corrected chi connectivity index (χ2v) is 9.48. The van der Waals surface area contributed by atoms with Gasteiger partial charge in [-0.3, -0.25) is 19.1 Å². The highest BCUT2D eigenvalue weighted by Gasteiger charge is 2.32. The molecule has 6 nitrogen and oxygen atoms in total. The summed E-state index contributed by atoms with van der Waals surface area (Å²) < 4.78 is 2.13. The van der Waals surface area contributed by atoms with Crippen LogP contribution in [-0.2, 0) is 11.8 Å². The van der Waals surface area contributed by atoms with Crippen molar-refractivity contribution < 1.29 is 4.79 Å². The molecule has 0 aromatic carbocycles. The number of hydrogen-bond donors (Lipinski definition) is 0. The van der Waals surface area contributed by atoms with Crippen LogP contribution < -0.4 is 10.5 Å². The van der Waals surface area contributed by atoms with Crippen LogP contribution in [0.15, 0.2) is 9.70 Å². The van der Waals surface area contributed by atoms with Crippen LogP contribution in [0.2, 0.25) is 0 Å². The molecule has 1 amide bonds. The molecule has 160 valence electrons. The Morgan fingerprint density at radius 2 is 1.90 bits per heavy atom. The van der Waals surface area contributed by atoms with Gasteiger partial charge >= 0.3 is 0 Å². The van der Waals surface area contributed by atoms with Crippen molar-refractivity contribution in [2.24, 2.45) is 7.05 Å². The smallest absolute Gasteiger partial charge is 0.270 e. The van der Waals surface area contributed by atoms with Crippen LogP contribution in [0.4, 0.5) is 5.82 Å². The predicted octanol–water partition coefficient (Wildman–Crippen LogP) is 3.95. The first-order valence-electron chi connectivity index (χ1n) is 10.5. The van der Waals surface area contributed by atoms with Crippen LogP contribution in [0.5, 0.6) is 0 Å². The third kappa shape index (κ3) is 4.33. The number of unbranched alkanes of at least 4 members (excludes halogenated alkanes) is 2. The number of hydrogen-bond acceptors (Lipinski definition) is 6. The third-order valence-corrected chi connectivity index (χ3v) is 7.14. The van der Waals surface area contributed by atoms with E-state index in [1.165, 1.54) is 18.2 Å². The molecule has 3 heterocycles. The number of piperidine rings is 1. The second-order valence-electron chi connectivity index (χ2n) is 7.80. The van der Waals surface area contributed by atoms with E-state index in [9.17, 15) is 14.9 Å². The van der Waals surface area contributed by atoms with Crippen molar-refractivity contribution in [1.82, 2.24) is 9.47 Å². The maximum absolute atomic E-state index is 13.0. The fraction of sp³-hybridized carbons (Fsp3) is 0.545. The van der Waals surface area contributed by atoms with Crippen LogP contribution in [0.25, 0.3) is 6.08 Å². The van der Waals surface area contributed by atoms with Crippen LogP contribution >= 0.6 is 24.0 Å². The average molecular weight is 445 g/mol. The maximum atomic E-state index is 13.0. The highest BCUT2D eigenvalue weighted by molar-refractivity contribution is 8.26. The largest absolute Gasteiger partial charge is 0.357 e. The molecule has 2 saturated heterocycles. The van der Waals surface area contributed by atoms with Gasteiger partial charge in [0.05, 0.1) is 4.91 Å². The minimum Gasteiger partial charge on any atom is -0.357 e. The molecule has 0 aliphatic carbocycles. The Morgan fingerprint density at radius 3 is 2.53 bits per heavy atom. The normalized spacial score (nSPS) is 18.4. The molecule has 0 spiro atoms. The summed E-state index contributed by atoms with van der Waals surface area (Å²) in [7, 11) is 1.71. The van der Waals surface area contributed by atoms with Crippen LogP contribution in [0.3, 0.4) is 0 Å². The van der Waals surface area contributed by atoms with Gasteiger partial charge in [0.15, 0.2) is 0 Å². The van der Waals surface area contributed by atoms with E-state index in [4.69, 9.17) is 12.2 Å². The van der Waals surface area contributed by atoms with Gasteiger partial charge in [0.2, 0.25) is 0 Å². The molecule has 0 saturated carbocycles. The van der Waals surface area contributed by atoms with Crippen molar-refractivity contribution in [2.75, 3.05) is 24.5 Å². The van der Waals surface area contributed by atoms with Gasteiger partial charge in [0, 0.05) is 32.2 Å². The summed E-state index contributed by atoms with van der Waals surface area (Å²) in [6.45, 7) is 6.27. The first-order chi connectivity index (χ1) is 14.4. The highest BCUT2D eigenvalue weighted by atomic mass is 32.2.